The van der Waals surface area contributed by atoms with Crippen LogP contribution in [0.3, 0.4) is 0 Å². The summed E-state index contributed by atoms with van der Waals surface area (Å²) in [6.07, 6.45) is 8.71. The Morgan fingerprint density at radius 2 is 2.08 bits per heavy atom. The molecule has 2 aliphatic rings. The van der Waals surface area contributed by atoms with Gasteiger partial charge >= 0.3 is 0 Å². The van der Waals surface area contributed by atoms with Crippen LogP contribution in [0.25, 0.3) is 11.4 Å². The van der Waals surface area contributed by atoms with Crippen LogP contribution in [0.1, 0.15) is 63.3 Å². The molecule has 1 atom stereocenters. The lowest BCUT2D eigenvalue weighted by atomic mass is 10.0. The first-order chi connectivity index (χ1) is 12.7. The Balaban J connectivity index is 1.43. The summed E-state index contributed by atoms with van der Waals surface area (Å²) in [5.41, 5.74) is 0.824. The van der Waals surface area contributed by atoms with E-state index >= 15 is 0 Å². The van der Waals surface area contributed by atoms with Gasteiger partial charge in [-0.15, -0.1) is 0 Å². The number of carbonyl (C=O) groups is 1. The van der Waals surface area contributed by atoms with Gasteiger partial charge in [0, 0.05) is 23.6 Å². The van der Waals surface area contributed by atoms with Gasteiger partial charge in [0.2, 0.25) is 17.6 Å². The number of aromatic nitrogens is 2. The third-order valence-electron chi connectivity index (χ3n) is 5.62. The molecule has 4 rings (SSSR count). The summed E-state index contributed by atoms with van der Waals surface area (Å²) >= 11 is 6.04. The van der Waals surface area contributed by atoms with Crippen molar-refractivity contribution in [3.8, 4) is 11.4 Å². The number of hydrogen-bond donors (Lipinski definition) is 0. The van der Waals surface area contributed by atoms with E-state index in [9.17, 15) is 4.79 Å². The van der Waals surface area contributed by atoms with Gasteiger partial charge in [-0.05, 0) is 37.3 Å². The lowest BCUT2D eigenvalue weighted by Gasteiger charge is -2.22. The van der Waals surface area contributed by atoms with Crippen LogP contribution in [0.4, 0.5) is 0 Å². The highest BCUT2D eigenvalue weighted by atomic mass is 35.5. The molecule has 2 heterocycles. The maximum Gasteiger partial charge on any atom is 0.249 e. The Morgan fingerprint density at radius 1 is 1.23 bits per heavy atom. The molecule has 0 unspecified atom stereocenters. The monoisotopic (exact) mass is 373 g/mol. The highest BCUT2D eigenvalue weighted by molar-refractivity contribution is 6.30. The van der Waals surface area contributed by atoms with Gasteiger partial charge in [0.05, 0.1) is 0 Å². The number of rotatable bonds is 5. The molecular formula is C20H24ClN3O2. The van der Waals surface area contributed by atoms with Crippen molar-refractivity contribution in [2.75, 3.05) is 6.54 Å². The zero-order chi connectivity index (χ0) is 17.9. The maximum atomic E-state index is 12.7. The molecule has 2 fully saturated rings. The Kier molecular flexibility index (Phi) is 5.25. The number of carbonyl (C=O) groups excluding carboxylic acids is 1. The van der Waals surface area contributed by atoms with Crippen molar-refractivity contribution < 1.29 is 9.32 Å². The van der Waals surface area contributed by atoms with E-state index in [1.165, 1.54) is 25.7 Å². The van der Waals surface area contributed by atoms with Crippen molar-refractivity contribution >= 4 is 17.5 Å². The second-order valence-corrected chi connectivity index (χ2v) is 7.84. The molecule has 6 heteroatoms. The van der Waals surface area contributed by atoms with Gasteiger partial charge in [0.1, 0.15) is 6.04 Å². The minimum absolute atomic E-state index is 0.0912. The molecule has 5 nitrogen and oxygen atoms in total. The third-order valence-corrected chi connectivity index (χ3v) is 5.86. The lowest BCUT2D eigenvalue weighted by Crippen LogP contribution is -2.30. The van der Waals surface area contributed by atoms with E-state index in [2.05, 4.69) is 10.1 Å². The molecule has 0 spiro atoms. The Hall–Kier alpha value is -1.88. The molecule has 0 N–H and O–H groups in total. The normalized spacial score (nSPS) is 20.8. The molecule has 1 aliphatic heterocycles. The van der Waals surface area contributed by atoms with Crippen LogP contribution in [-0.4, -0.2) is 27.5 Å². The van der Waals surface area contributed by atoms with Crippen molar-refractivity contribution in [2.24, 2.45) is 5.92 Å². The Labute approximate surface area is 158 Å². The first-order valence-electron chi connectivity index (χ1n) is 9.60. The first kappa shape index (κ1) is 17.5. The van der Waals surface area contributed by atoms with Crippen LogP contribution in [0.15, 0.2) is 28.8 Å². The van der Waals surface area contributed by atoms with Crippen molar-refractivity contribution in [1.29, 1.82) is 0 Å². The van der Waals surface area contributed by atoms with Crippen LogP contribution in [0, 0.1) is 5.92 Å². The number of hydrogen-bond acceptors (Lipinski definition) is 4. The minimum Gasteiger partial charge on any atom is -0.337 e. The predicted octanol–water partition coefficient (Wildman–Crippen LogP) is 5.02. The number of amides is 1. The summed E-state index contributed by atoms with van der Waals surface area (Å²) < 4.78 is 5.50. The Morgan fingerprint density at radius 3 is 2.88 bits per heavy atom. The highest BCUT2D eigenvalue weighted by Gasteiger charge is 2.34. The van der Waals surface area contributed by atoms with Crippen LogP contribution in [0.2, 0.25) is 5.02 Å². The summed E-state index contributed by atoms with van der Waals surface area (Å²) in [7, 11) is 0. The van der Waals surface area contributed by atoms with Gasteiger partial charge < -0.3 is 9.42 Å². The zero-order valence-electron chi connectivity index (χ0n) is 14.9. The Bertz CT molecular complexity index is 770. The molecule has 1 aliphatic carbocycles. The second kappa shape index (κ2) is 7.78. The smallest absolute Gasteiger partial charge is 0.249 e. The van der Waals surface area contributed by atoms with E-state index in [0.717, 1.165) is 37.3 Å². The molecule has 1 amide bonds. The number of halogens is 1. The molecule has 1 saturated heterocycles. The lowest BCUT2D eigenvalue weighted by molar-refractivity contribution is -0.132. The van der Waals surface area contributed by atoms with E-state index in [1.807, 2.05) is 29.2 Å². The molecule has 1 aromatic carbocycles. The van der Waals surface area contributed by atoms with E-state index in [4.69, 9.17) is 16.1 Å². The molecule has 26 heavy (non-hydrogen) atoms. The fourth-order valence-corrected chi connectivity index (χ4v) is 4.40. The van der Waals surface area contributed by atoms with Crippen molar-refractivity contribution in [3.63, 3.8) is 0 Å². The predicted molar refractivity (Wildman–Crippen MR) is 99.6 cm³/mol. The van der Waals surface area contributed by atoms with E-state index < -0.39 is 0 Å². The first-order valence-corrected chi connectivity index (χ1v) is 9.97. The van der Waals surface area contributed by atoms with Crippen molar-refractivity contribution in [3.05, 3.63) is 35.2 Å². The molecule has 0 bridgehead atoms. The standard InChI is InChI=1S/C20H24ClN3O2/c21-16-8-3-7-15(13-16)19-22-20(26-23-19)17-9-4-12-24(17)18(25)11-10-14-5-1-2-6-14/h3,7-8,13-14,17H,1-2,4-6,9-12H2/t17-/m1/s1. The van der Waals surface area contributed by atoms with Gasteiger partial charge in [-0.25, -0.2) is 0 Å². The fourth-order valence-electron chi connectivity index (χ4n) is 4.21. The molecule has 138 valence electrons. The summed E-state index contributed by atoms with van der Waals surface area (Å²) in [6.45, 7) is 0.781. The summed E-state index contributed by atoms with van der Waals surface area (Å²) in [5.74, 6) is 2.01. The number of nitrogens with zero attached hydrogens (tertiary/aromatic N) is 3. The van der Waals surface area contributed by atoms with E-state index in [-0.39, 0.29) is 11.9 Å². The van der Waals surface area contributed by atoms with Gasteiger partial charge in [0.25, 0.3) is 0 Å². The zero-order valence-corrected chi connectivity index (χ0v) is 15.6. The molecule has 1 aromatic heterocycles. The topological polar surface area (TPSA) is 59.2 Å². The van der Waals surface area contributed by atoms with Gasteiger partial charge in [0.15, 0.2) is 0 Å². The van der Waals surface area contributed by atoms with Gasteiger partial charge in [-0.1, -0.05) is 54.6 Å². The van der Waals surface area contributed by atoms with E-state index in [0.29, 0.717) is 23.2 Å². The SMILES string of the molecule is O=C(CCC1CCCC1)N1CCC[C@@H]1c1nc(-c2cccc(Cl)c2)no1. The average Bonchev–Trinajstić information content (AvgIpc) is 3.40. The molecule has 2 aromatic rings. The quantitative estimate of drug-likeness (QED) is 0.737. The maximum absolute atomic E-state index is 12.7. The van der Waals surface area contributed by atoms with Crippen molar-refractivity contribution in [2.45, 2.75) is 57.4 Å². The summed E-state index contributed by atoms with van der Waals surface area (Å²) in [4.78, 5) is 19.2. The van der Waals surface area contributed by atoms with Crippen LogP contribution in [0.5, 0.6) is 0 Å². The largest absolute Gasteiger partial charge is 0.337 e. The van der Waals surface area contributed by atoms with Gasteiger partial charge in [-0.3, -0.25) is 4.79 Å². The average molecular weight is 374 g/mol. The van der Waals surface area contributed by atoms with Crippen molar-refractivity contribution in [1.82, 2.24) is 15.0 Å². The van der Waals surface area contributed by atoms with Crippen LogP contribution in [-0.2, 0) is 4.79 Å². The fraction of sp³-hybridized carbons (Fsp3) is 0.550. The number of benzene rings is 1. The minimum atomic E-state index is -0.0912. The summed E-state index contributed by atoms with van der Waals surface area (Å²) in [5, 5.41) is 4.73. The summed E-state index contributed by atoms with van der Waals surface area (Å²) in [6, 6.07) is 7.30. The number of likely N-dealkylation sites (tertiary alicyclic amines) is 1. The molecule has 0 radical (unpaired) electrons. The van der Waals surface area contributed by atoms with Gasteiger partial charge in [-0.2, -0.15) is 4.98 Å². The van der Waals surface area contributed by atoms with E-state index in [1.54, 1.807) is 0 Å². The second-order valence-electron chi connectivity index (χ2n) is 7.40. The molecular weight excluding hydrogens is 350 g/mol. The third kappa shape index (κ3) is 3.78. The van der Waals surface area contributed by atoms with Crippen LogP contribution < -0.4 is 0 Å². The highest BCUT2D eigenvalue weighted by Crippen LogP contribution is 2.34. The van der Waals surface area contributed by atoms with Crippen LogP contribution >= 0.6 is 11.6 Å². The molecule has 1 saturated carbocycles.